The maximum absolute atomic E-state index is 10.3. The van der Waals surface area contributed by atoms with Gasteiger partial charge in [-0.15, -0.1) is 11.3 Å². The van der Waals surface area contributed by atoms with E-state index in [0.29, 0.717) is 11.5 Å². The second kappa shape index (κ2) is 7.00. The van der Waals surface area contributed by atoms with E-state index in [-0.39, 0.29) is 11.8 Å². The summed E-state index contributed by atoms with van der Waals surface area (Å²) in [5.74, 6) is 1.48. The number of hydrazone groups is 1. The molecule has 6 nitrogen and oxygen atoms in total. The first kappa shape index (κ1) is 17.9. The van der Waals surface area contributed by atoms with Crippen LogP contribution in [0.2, 0.25) is 0 Å². The van der Waals surface area contributed by atoms with Crippen molar-refractivity contribution in [3.63, 3.8) is 0 Å². The summed E-state index contributed by atoms with van der Waals surface area (Å²) in [6, 6.07) is 15.8. The van der Waals surface area contributed by atoms with Crippen LogP contribution in [0, 0.1) is 0 Å². The minimum Gasteiger partial charge on any atom is -0.502 e. The van der Waals surface area contributed by atoms with E-state index in [1.807, 2.05) is 29.3 Å². The molecule has 0 spiro atoms. The van der Waals surface area contributed by atoms with E-state index in [1.165, 1.54) is 14.2 Å². The van der Waals surface area contributed by atoms with Gasteiger partial charge in [-0.3, -0.25) is 0 Å². The highest BCUT2D eigenvalue weighted by atomic mass is 32.1. The van der Waals surface area contributed by atoms with Crippen molar-refractivity contribution in [3.8, 4) is 23.0 Å². The number of methoxy groups -OCH3 is 2. The lowest BCUT2D eigenvalue weighted by Crippen LogP contribution is -2.33. The lowest BCUT2D eigenvalue weighted by Gasteiger charge is -2.38. The van der Waals surface area contributed by atoms with Gasteiger partial charge in [0.05, 0.1) is 30.9 Å². The number of phenolic OH excluding ortho intramolecular Hbond substituents is 1. The molecular weight excluding hydrogens is 388 g/mol. The Balaban J connectivity index is 1.63. The summed E-state index contributed by atoms with van der Waals surface area (Å²) in [4.78, 5) is 1.16. The van der Waals surface area contributed by atoms with Gasteiger partial charge in [0.1, 0.15) is 5.75 Å². The number of nitrogens with zero attached hydrogens (tertiary/aromatic N) is 2. The molecule has 1 N–H and O–H groups in total. The summed E-state index contributed by atoms with van der Waals surface area (Å²) in [5.41, 5.74) is 2.97. The fraction of sp³-hybridized carbons (Fsp3) is 0.227. The van der Waals surface area contributed by atoms with E-state index in [0.717, 1.165) is 33.9 Å². The van der Waals surface area contributed by atoms with Gasteiger partial charge >= 0.3 is 0 Å². The topological polar surface area (TPSA) is 63.5 Å². The zero-order valence-electron chi connectivity index (χ0n) is 16.0. The lowest BCUT2D eigenvalue weighted by atomic mass is 9.97. The number of rotatable bonds is 4. The van der Waals surface area contributed by atoms with Crippen LogP contribution in [-0.4, -0.2) is 30.0 Å². The molecule has 0 fully saturated rings. The zero-order valence-corrected chi connectivity index (χ0v) is 16.8. The van der Waals surface area contributed by atoms with Crippen LogP contribution in [0.3, 0.4) is 0 Å². The molecule has 5 rings (SSSR count). The first-order valence-corrected chi connectivity index (χ1v) is 10.2. The molecule has 0 radical (unpaired) electrons. The largest absolute Gasteiger partial charge is 0.502 e. The Hall–Kier alpha value is -3.19. The predicted molar refractivity (Wildman–Crippen MR) is 111 cm³/mol. The molecule has 1 aromatic heterocycles. The third kappa shape index (κ3) is 2.89. The van der Waals surface area contributed by atoms with Gasteiger partial charge in [0.15, 0.2) is 11.5 Å². The maximum atomic E-state index is 10.3. The summed E-state index contributed by atoms with van der Waals surface area (Å²) in [6.07, 6.45) is 0.347. The molecule has 148 valence electrons. The van der Waals surface area contributed by atoms with Crippen LogP contribution in [0.25, 0.3) is 0 Å². The van der Waals surface area contributed by atoms with Crippen molar-refractivity contribution in [2.75, 3.05) is 14.2 Å². The maximum Gasteiger partial charge on any atom is 0.214 e. The van der Waals surface area contributed by atoms with Crippen molar-refractivity contribution in [2.45, 2.75) is 18.7 Å². The number of aromatic hydroxyl groups is 1. The molecule has 0 aliphatic carbocycles. The molecule has 2 atom stereocenters. The van der Waals surface area contributed by atoms with E-state index in [1.54, 1.807) is 23.5 Å². The molecule has 2 aliphatic heterocycles. The fourth-order valence-electron chi connectivity index (χ4n) is 3.90. The Morgan fingerprint density at radius 1 is 1.10 bits per heavy atom. The molecular formula is C22H20N2O4S. The van der Waals surface area contributed by atoms with E-state index < -0.39 is 6.23 Å². The van der Waals surface area contributed by atoms with Crippen molar-refractivity contribution in [1.29, 1.82) is 0 Å². The Morgan fingerprint density at radius 2 is 1.86 bits per heavy atom. The quantitative estimate of drug-likeness (QED) is 0.677. The summed E-state index contributed by atoms with van der Waals surface area (Å²) in [5, 5.41) is 19.3. The number of hydrogen-bond donors (Lipinski definition) is 1. The highest BCUT2D eigenvalue weighted by molar-refractivity contribution is 7.12. The van der Waals surface area contributed by atoms with E-state index in [2.05, 4.69) is 17.5 Å². The van der Waals surface area contributed by atoms with Crippen molar-refractivity contribution in [3.05, 3.63) is 69.9 Å². The number of hydrogen-bond acceptors (Lipinski definition) is 7. The Morgan fingerprint density at radius 3 is 2.55 bits per heavy atom. The first-order valence-electron chi connectivity index (χ1n) is 9.29. The molecule has 2 unspecified atom stereocenters. The minimum atomic E-state index is -0.462. The van der Waals surface area contributed by atoms with Crippen LogP contribution in [0.1, 0.15) is 34.7 Å². The third-order valence-corrected chi connectivity index (χ3v) is 6.21. The molecule has 0 saturated heterocycles. The second-order valence-electron chi connectivity index (χ2n) is 6.91. The van der Waals surface area contributed by atoms with Crippen molar-refractivity contribution < 1.29 is 19.3 Å². The molecule has 3 aromatic rings. The van der Waals surface area contributed by atoms with Crippen LogP contribution < -0.4 is 14.2 Å². The number of benzene rings is 2. The standard InChI is InChI=1S/C22H20N2O4S/c1-26-18-10-13(11-19(27-2)21(18)25)22-24-16(14-6-3-4-7-17(14)28-22)12-15(23-24)20-8-5-9-29-20/h3-11,16,22,25H,12H2,1-2H3. The average molecular weight is 408 g/mol. The smallest absolute Gasteiger partial charge is 0.214 e. The SMILES string of the molecule is COc1cc(C2Oc3ccccc3C3CC(c4cccs4)=NN32)cc(OC)c1O. The van der Waals surface area contributed by atoms with Gasteiger partial charge in [-0.2, -0.15) is 5.10 Å². The molecule has 0 amide bonds. The van der Waals surface area contributed by atoms with E-state index >= 15 is 0 Å². The summed E-state index contributed by atoms with van der Waals surface area (Å²) in [7, 11) is 3.03. The normalized spacial score (nSPS) is 19.8. The molecule has 7 heteroatoms. The van der Waals surface area contributed by atoms with Crippen LogP contribution in [-0.2, 0) is 0 Å². The third-order valence-electron chi connectivity index (χ3n) is 5.29. The summed E-state index contributed by atoms with van der Waals surface area (Å²) in [6.45, 7) is 0. The van der Waals surface area contributed by atoms with Crippen molar-refractivity contribution in [1.82, 2.24) is 5.01 Å². The summed E-state index contributed by atoms with van der Waals surface area (Å²) >= 11 is 1.69. The average Bonchev–Trinajstić information content (AvgIpc) is 3.43. The highest BCUT2D eigenvalue weighted by Crippen LogP contribution is 2.49. The van der Waals surface area contributed by atoms with Gasteiger partial charge in [-0.1, -0.05) is 24.3 Å². The van der Waals surface area contributed by atoms with Gasteiger partial charge < -0.3 is 19.3 Å². The number of thiophene rings is 1. The van der Waals surface area contributed by atoms with Gasteiger partial charge in [0, 0.05) is 17.5 Å². The van der Waals surface area contributed by atoms with Crippen molar-refractivity contribution in [2.24, 2.45) is 5.10 Å². The Bertz CT molecular complexity index is 1060. The minimum absolute atomic E-state index is 0.0318. The van der Waals surface area contributed by atoms with Crippen LogP contribution in [0.5, 0.6) is 23.0 Å². The number of para-hydroxylation sites is 1. The van der Waals surface area contributed by atoms with Crippen LogP contribution >= 0.6 is 11.3 Å². The molecule has 0 bridgehead atoms. The Kier molecular flexibility index (Phi) is 4.32. The second-order valence-corrected chi connectivity index (χ2v) is 7.85. The zero-order chi connectivity index (χ0) is 20.0. The van der Waals surface area contributed by atoms with E-state index in [4.69, 9.17) is 19.3 Å². The summed E-state index contributed by atoms with van der Waals surface area (Å²) < 4.78 is 17.0. The molecule has 2 aromatic carbocycles. The van der Waals surface area contributed by atoms with Crippen molar-refractivity contribution >= 4 is 17.0 Å². The molecule has 2 aliphatic rings. The van der Waals surface area contributed by atoms with Gasteiger partial charge in [-0.25, -0.2) is 5.01 Å². The molecule has 3 heterocycles. The number of fused-ring (bicyclic) bond motifs is 3. The lowest BCUT2D eigenvalue weighted by molar-refractivity contribution is -0.0192. The van der Waals surface area contributed by atoms with Gasteiger partial charge in [0.2, 0.25) is 12.0 Å². The first-order chi connectivity index (χ1) is 14.2. The predicted octanol–water partition coefficient (Wildman–Crippen LogP) is 4.71. The highest BCUT2D eigenvalue weighted by Gasteiger charge is 2.41. The Labute approximate surface area is 172 Å². The number of ether oxygens (including phenoxy) is 3. The van der Waals surface area contributed by atoms with Crippen LogP contribution in [0.4, 0.5) is 0 Å². The van der Waals surface area contributed by atoms with Gasteiger partial charge in [-0.05, 0) is 29.6 Å². The monoisotopic (exact) mass is 408 g/mol. The molecule has 0 saturated carbocycles. The van der Waals surface area contributed by atoms with E-state index in [9.17, 15) is 5.11 Å². The fourth-order valence-corrected chi connectivity index (χ4v) is 4.62. The van der Waals surface area contributed by atoms with Crippen LogP contribution in [0.15, 0.2) is 59.0 Å². The number of phenols is 1. The molecule has 29 heavy (non-hydrogen) atoms. The van der Waals surface area contributed by atoms with Gasteiger partial charge in [0.25, 0.3) is 0 Å².